The lowest BCUT2D eigenvalue weighted by Gasteiger charge is -2.16. The number of amides is 1. The number of rotatable bonds is 6. The van der Waals surface area contributed by atoms with Crippen molar-refractivity contribution in [3.63, 3.8) is 0 Å². The van der Waals surface area contributed by atoms with Crippen LogP contribution < -0.4 is 5.32 Å². The molecule has 1 heterocycles. The molecule has 0 bridgehead atoms. The minimum absolute atomic E-state index is 0.0484. The molecule has 0 saturated heterocycles. The van der Waals surface area contributed by atoms with E-state index in [1.165, 1.54) is 18.7 Å². The van der Waals surface area contributed by atoms with E-state index in [9.17, 15) is 9.59 Å². The summed E-state index contributed by atoms with van der Waals surface area (Å²) in [7, 11) is 0. The Hall–Kier alpha value is -2.99. The van der Waals surface area contributed by atoms with Crippen LogP contribution in [-0.2, 0) is 4.79 Å². The van der Waals surface area contributed by atoms with E-state index in [-0.39, 0.29) is 11.7 Å². The molecule has 0 fully saturated rings. The van der Waals surface area contributed by atoms with Gasteiger partial charge in [-0.3, -0.25) is 9.59 Å². The summed E-state index contributed by atoms with van der Waals surface area (Å²) in [6.45, 7) is 1.50. The van der Waals surface area contributed by atoms with Gasteiger partial charge in [0.2, 0.25) is 5.91 Å². The predicted octanol–water partition coefficient (Wildman–Crippen LogP) is 4.15. The van der Waals surface area contributed by atoms with E-state index in [1.807, 2.05) is 30.3 Å². The highest BCUT2D eigenvalue weighted by Crippen LogP contribution is 2.34. The number of hydrogen-bond donors (Lipinski definition) is 1. The molecule has 1 amide bonds. The van der Waals surface area contributed by atoms with E-state index in [1.54, 1.807) is 42.7 Å². The number of thioether (sulfide) groups is 1. The second-order valence-electron chi connectivity index (χ2n) is 5.57. The number of carbonyl (C=O) groups is 2. The molecule has 0 aliphatic rings. The van der Waals surface area contributed by atoms with Crippen molar-refractivity contribution in [2.75, 3.05) is 5.32 Å². The highest BCUT2D eigenvalue weighted by molar-refractivity contribution is 8.00. The van der Waals surface area contributed by atoms with Crippen molar-refractivity contribution < 1.29 is 9.59 Å². The average molecular weight is 363 g/mol. The molecule has 0 saturated carbocycles. The van der Waals surface area contributed by atoms with E-state index in [2.05, 4.69) is 15.3 Å². The Balaban J connectivity index is 1.85. The maximum absolute atomic E-state index is 12.9. The van der Waals surface area contributed by atoms with E-state index in [0.717, 1.165) is 5.56 Å². The maximum atomic E-state index is 12.9. The topological polar surface area (TPSA) is 72.0 Å². The van der Waals surface area contributed by atoms with Gasteiger partial charge in [0.15, 0.2) is 10.9 Å². The van der Waals surface area contributed by atoms with Gasteiger partial charge in [-0.2, -0.15) is 0 Å². The molecule has 5 nitrogen and oxygen atoms in total. The van der Waals surface area contributed by atoms with Crippen LogP contribution in [0.2, 0.25) is 0 Å². The van der Waals surface area contributed by atoms with Crippen molar-refractivity contribution in [1.29, 1.82) is 0 Å². The zero-order valence-electron chi connectivity index (χ0n) is 14.1. The molecule has 1 unspecified atom stereocenters. The fourth-order valence-corrected chi connectivity index (χ4v) is 3.29. The molecule has 6 heteroatoms. The summed E-state index contributed by atoms with van der Waals surface area (Å²) in [5.41, 5.74) is 1.99. The SMILES string of the molecule is CC(=O)c1cccc(NC(=O)C(Sc2ncccn2)c2ccccc2)c1. The Labute approximate surface area is 155 Å². The van der Waals surface area contributed by atoms with Crippen LogP contribution in [0.3, 0.4) is 0 Å². The minimum Gasteiger partial charge on any atom is -0.325 e. The largest absolute Gasteiger partial charge is 0.325 e. The Morgan fingerprint density at radius 3 is 2.38 bits per heavy atom. The molecule has 3 aromatic rings. The molecule has 130 valence electrons. The van der Waals surface area contributed by atoms with Gasteiger partial charge < -0.3 is 5.32 Å². The molecule has 0 radical (unpaired) electrons. The van der Waals surface area contributed by atoms with E-state index in [0.29, 0.717) is 16.4 Å². The fourth-order valence-electron chi connectivity index (χ4n) is 2.38. The zero-order valence-corrected chi connectivity index (χ0v) is 14.9. The number of carbonyl (C=O) groups excluding carboxylic acids is 2. The van der Waals surface area contributed by atoms with Gasteiger partial charge >= 0.3 is 0 Å². The first-order valence-electron chi connectivity index (χ1n) is 8.04. The number of aromatic nitrogens is 2. The normalized spacial score (nSPS) is 11.6. The predicted molar refractivity (Wildman–Crippen MR) is 102 cm³/mol. The highest BCUT2D eigenvalue weighted by Gasteiger charge is 2.23. The fraction of sp³-hybridized carbons (Fsp3) is 0.100. The molecule has 0 spiro atoms. The summed E-state index contributed by atoms with van der Waals surface area (Å²) >= 11 is 1.28. The summed E-state index contributed by atoms with van der Waals surface area (Å²) in [6.07, 6.45) is 3.29. The van der Waals surface area contributed by atoms with Crippen LogP contribution in [0.25, 0.3) is 0 Å². The Morgan fingerprint density at radius 1 is 0.962 bits per heavy atom. The highest BCUT2D eigenvalue weighted by atomic mass is 32.2. The van der Waals surface area contributed by atoms with Crippen molar-refractivity contribution in [2.45, 2.75) is 17.3 Å². The monoisotopic (exact) mass is 363 g/mol. The van der Waals surface area contributed by atoms with Crippen molar-refractivity contribution in [1.82, 2.24) is 9.97 Å². The van der Waals surface area contributed by atoms with Crippen molar-refractivity contribution >= 4 is 29.1 Å². The van der Waals surface area contributed by atoms with Gasteiger partial charge in [0.25, 0.3) is 0 Å². The lowest BCUT2D eigenvalue weighted by Crippen LogP contribution is -2.19. The number of benzene rings is 2. The van der Waals surface area contributed by atoms with Crippen LogP contribution in [0, 0.1) is 0 Å². The van der Waals surface area contributed by atoms with Crippen molar-refractivity contribution in [2.24, 2.45) is 0 Å². The molecule has 1 atom stereocenters. The summed E-state index contributed by atoms with van der Waals surface area (Å²) in [4.78, 5) is 32.9. The van der Waals surface area contributed by atoms with Crippen molar-refractivity contribution in [3.8, 4) is 0 Å². The number of anilines is 1. The second kappa shape index (κ2) is 8.40. The van der Waals surface area contributed by atoms with Crippen LogP contribution in [0.1, 0.15) is 28.1 Å². The van der Waals surface area contributed by atoms with Gasteiger partial charge in [-0.15, -0.1) is 0 Å². The minimum atomic E-state index is -0.514. The van der Waals surface area contributed by atoms with E-state index in [4.69, 9.17) is 0 Å². The Bertz CT molecular complexity index is 901. The van der Waals surface area contributed by atoms with E-state index < -0.39 is 5.25 Å². The van der Waals surface area contributed by atoms with Gasteiger partial charge in [0.1, 0.15) is 5.25 Å². The van der Waals surface area contributed by atoms with Gasteiger partial charge in [-0.25, -0.2) is 9.97 Å². The number of nitrogens with zero attached hydrogens (tertiary/aromatic N) is 2. The summed E-state index contributed by atoms with van der Waals surface area (Å²) in [5.74, 6) is -0.248. The molecule has 1 N–H and O–H groups in total. The van der Waals surface area contributed by atoms with Crippen LogP contribution in [0.4, 0.5) is 5.69 Å². The van der Waals surface area contributed by atoms with Crippen LogP contribution in [0.15, 0.2) is 78.2 Å². The summed E-state index contributed by atoms with van der Waals surface area (Å²) in [5, 5.41) is 2.90. The molecule has 26 heavy (non-hydrogen) atoms. The van der Waals surface area contributed by atoms with Gasteiger partial charge in [0.05, 0.1) is 0 Å². The third-order valence-electron chi connectivity index (χ3n) is 3.64. The van der Waals surface area contributed by atoms with Crippen molar-refractivity contribution in [3.05, 3.63) is 84.2 Å². The molecule has 2 aromatic carbocycles. The summed E-state index contributed by atoms with van der Waals surface area (Å²) < 4.78 is 0. The molecular weight excluding hydrogens is 346 g/mol. The lowest BCUT2D eigenvalue weighted by molar-refractivity contribution is -0.115. The zero-order chi connectivity index (χ0) is 18.4. The second-order valence-corrected chi connectivity index (χ2v) is 6.64. The first kappa shape index (κ1) is 17.8. The van der Waals surface area contributed by atoms with Crippen LogP contribution in [0.5, 0.6) is 0 Å². The maximum Gasteiger partial charge on any atom is 0.242 e. The third kappa shape index (κ3) is 4.55. The Kier molecular flexibility index (Phi) is 5.76. The smallest absolute Gasteiger partial charge is 0.242 e. The molecule has 0 aliphatic carbocycles. The molecule has 0 aliphatic heterocycles. The Morgan fingerprint density at radius 2 is 1.69 bits per heavy atom. The summed E-state index contributed by atoms with van der Waals surface area (Å²) in [6, 6.07) is 18.1. The first-order chi connectivity index (χ1) is 12.6. The standard InChI is InChI=1S/C20H17N3O2S/c1-14(24)16-9-5-10-17(13-16)23-19(25)18(15-7-3-2-4-8-15)26-20-21-11-6-12-22-20/h2-13,18H,1H3,(H,23,25). The lowest BCUT2D eigenvalue weighted by atomic mass is 10.1. The number of Topliss-reactive ketones (excluding diaryl/α,β-unsaturated/α-hetero) is 1. The average Bonchev–Trinajstić information content (AvgIpc) is 2.67. The molecular formula is C20H17N3O2S. The van der Waals surface area contributed by atoms with Gasteiger partial charge in [-0.1, -0.05) is 54.2 Å². The number of ketones is 1. The van der Waals surface area contributed by atoms with E-state index >= 15 is 0 Å². The molecule has 3 rings (SSSR count). The number of nitrogens with one attached hydrogen (secondary N) is 1. The van der Waals surface area contributed by atoms with Crippen LogP contribution in [-0.4, -0.2) is 21.7 Å². The van der Waals surface area contributed by atoms with Gasteiger partial charge in [-0.05, 0) is 30.7 Å². The third-order valence-corrected chi connectivity index (χ3v) is 4.79. The quantitative estimate of drug-likeness (QED) is 0.405. The number of hydrogen-bond acceptors (Lipinski definition) is 5. The van der Waals surface area contributed by atoms with Crippen LogP contribution >= 0.6 is 11.8 Å². The molecule has 1 aromatic heterocycles. The van der Waals surface area contributed by atoms with Gasteiger partial charge in [0, 0.05) is 23.6 Å². The first-order valence-corrected chi connectivity index (χ1v) is 8.92.